The van der Waals surface area contributed by atoms with Crippen molar-refractivity contribution in [1.29, 1.82) is 0 Å². The molecule has 0 saturated carbocycles. The number of ether oxygens (including phenoxy) is 2. The maximum atomic E-state index is 9.84. The van der Waals surface area contributed by atoms with Crippen LogP contribution in [0.4, 0.5) is 0 Å². The SMILES string of the molecule is CCCCCCCCCCCCC/C=C/CCCCCOC[C@@H]1OC[C@@H](O)[C@H](O)[C@H]1O. The van der Waals surface area contributed by atoms with Crippen molar-refractivity contribution in [2.45, 2.75) is 134 Å². The molecule has 1 aliphatic rings. The molecule has 0 aromatic rings. The largest absolute Gasteiger partial charge is 0.388 e. The van der Waals surface area contributed by atoms with Crippen molar-refractivity contribution in [2.75, 3.05) is 19.8 Å². The molecule has 1 rings (SSSR count). The Bertz CT molecular complexity index is 415. The van der Waals surface area contributed by atoms with Gasteiger partial charge < -0.3 is 24.8 Å². The van der Waals surface area contributed by atoms with Gasteiger partial charge in [0.05, 0.1) is 13.2 Å². The summed E-state index contributed by atoms with van der Waals surface area (Å²) >= 11 is 0. The average molecular weight is 443 g/mol. The van der Waals surface area contributed by atoms with E-state index in [0.717, 1.165) is 19.3 Å². The lowest BCUT2D eigenvalue weighted by atomic mass is 10.0. The molecule has 0 bridgehead atoms. The van der Waals surface area contributed by atoms with E-state index in [1.807, 2.05) is 0 Å². The van der Waals surface area contributed by atoms with Crippen molar-refractivity contribution >= 4 is 0 Å². The first-order valence-corrected chi connectivity index (χ1v) is 13.0. The Balaban J connectivity index is 1.78. The molecule has 1 aliphatic heterocycles. The molecule has 1 heterocycles. The molecule has 1 fully saturated rings. The van der Waals surface area contributed by atoms with Gasteiger partial charge >= 0.3 is 0 Å². The Kier molecular flexibility index (Phi) is 18.6. The molecule has 0 aromatic carbocycles. The van der Waals surface area contributed by atoms with Crippen LogP contribution in [0.15, 0.2) is 12.2 Å². The third kappa shape index (κ3) is 15.1. The Morgan fingerprint density at radius 3 is 1.81 bits per heavy atom. The van der Waals surface area contributed by atoms with E-state index >= 15 is 0 Å². The number of hydrogen-bond donors (Lipinski definition) is 3. The summed E-state index contributed by atoms with van der Waals surface area (Å²) in [5.74, 6) is 0. The Morgan fingerprint density at radius 1 is 0.710 bits per heavy atom. The van der Waals surface area contributed by atoms with Gasteiger partial charge in [-0.05, 0) is 32.1 Å². The van der Waals surface area contributed by atoms with Crippen LogP contribution < -0.4 is 0 Å². The van der Waals surface area contributed by atoms with Crippen LogP contribution >= 0.6 is 0 Å². The fourth-order valence-electron chi connectivity index (χ4n) is 4.02. The van der Waals surface area contributed by atoms with Crippen molar-refractivity contribution in [1.82, 2.24) is 0 Å². The summed E-state index contributed by atoms with van der Waals surface area (Å²) < 4.78 is 10.9. The normalized spacial score (nSPS) is 24.3. The Morgan fingerprint density at radius 2 is 1.23 bits per heavy atom. The van der Waals surface area contributed by atoms with Crippen LogP contribution in [0, 0.1) is 0 Å². The summed E-state index contributed by atoms with van der Waals surface area (Å²) in [6.07, 6.45) is 21.8. The van der Waals surface area contributed by atoms with Crippen LogP contribution in [0.5, 0.6) is 0 Å². The van der Waals surface area contributed by atoms with Gasteiger partial charge in [-0.15, -0.1) is 0 Å². The fraction of sp³-hybridized carbons (Fsp3) is 0.923. The van der Waals surface area contributed by atoms with Gasteiger partial charge in [-0.3, -0.25) is 0 Å². The average Bonchev–Trinajstić information content (AvgIpc) is 2.77. The van der Waals surface area contributed by atoms with Gasteiger partial charge in [-0.2, -0.15) is 0 Å². The second-order valence-corrected chi connectivity index (χ2v) is 9.14. The number of rotatable bonds is 20. The fourth-order valence-corrected chi connectivity index (χ4v) is 4.02. The van der Waals surface area contributed by atoms with Crippen LogP contribution in [0.3, 0.4) is 0 Å². The van der Waals surface area contributed by atoms with E-state index in [1.165, 1.54) is 83.5 Å². The summed E-state index contributed by atoms with van der Waals surface area (Å²) in [4.78, 5) is 0. The van der Waals surface area contributed by atoms with E-state index in [-0.39, 0.29) is 13.2 Å². The van der Waals surface area contributed by atoms with Gasteiger partial charge in [0.2, 0.25) is 0 Å². The predicted octanol–water partition coefficient (Wildman–Crippen LogP) is 5.30. The molecule has 0 spiro atoms. The molecule has 0 aromatic heterocycles. The molecule has 4 atom stereocenters. The molecule has 31 heavy (non-hydrogen) atoms. The molecular formula is C26H50O5. The van der Waals surface area contributed by atoms with Crippen LogP contribution in [0.2, 0.25) is 0 Å². The maximum absolute atomic E-state index is 9.84. The van der Waals surface area contributed by atoms with E-state index in [1.54, 1.807) is 0 Å². The summed E-state index contributed by atoms with van der Waals surface area (Å²) in [5.41, 5.74) is 0. The highest BCUT2D eigenvalue weighted by atomic mass is 16.6. The number of hydrogen-bond acceptors (Lipinski definition) is 5. The van der Waals surface area contributed by atoms with Crippen LogP contribution in [0.1, 0.15) is 110 Å². The summed E-state index contributed by atoms with van der Waals surface area (Å²) in [7, 11) is 0. The molecule has 184 valence electrons. The van der Waals surface area contributed by atoms with Crippen LogP contribution in [0.25, 0.3) is 0 Å². The third-order valence-electron chi connectivity index (χ3n) is 6.19. The van der Waals surface area contributed by atoms with Crippen molar-refractivity contribution in [3.8, 4) is 0 Å². The topological polar surface area (TPSA) is 79.2 Å². The molecule has 0 amide bonds. The van der Waals surface area contributed by atoms with E-state index in [9.17, 15) is 15.3 Å². The lowest BCUT2D eigenvalue weighted by Gasteiger charge is -2.35. The van der Waals surface area contributed by atoms with E-state index in [2.05, 4.69) is 19.1 Å². The van der Waals surface area contributed by atoms with Crippen LogP contribution in [-0.2, 0) is 9.47 Å². The second-order valence-electron chi connectivity index (χ2n) is 9.14. The van der Waals surface area contributed by atoms with E-state index < -0.39 is 24.4 Å². The van der Waals surface area contributed by atoms with Gasteiger partial charge in [0.1, 0.15) is 24.4 Å². The van der Waals surface area contributed by atoms with Gasteiger partial charge in [0.25, 0.3) is 0 Å². The van der Waals surface area contributed by atoms with Crippen LogP contribution in [-0.4, -0.2) is 59.6 Å². The quantitative estimate of drug-likeness (QED) is 0.176. The van der Waals surface area contributed by atoms with Gasteiger partial charge in [0.15, 0.2) is 0 Å². The first-order valence-electron chi connectivity index (χ1n) is 13.0. The summed E-state index contributed by atoms with van der Waals surface area (Å²) in [6, 6.07) is 0. The first-order chi connectivity index (χ1) is 15.2. The maximum Gasteiger partial charge on any atom is 0.111 e. The number of aliphatic hydroxyl groups excluding tert-OH is 3. The molecule has 5 heteroatoms. The highest BCUT2D eigenvalue weighted by molar-refractivity contribution is 4.86. The van der Waals surface area contributed by atoms with Crippen molar-refractivity contribution in [2.24, 2.45) is 0 Å². The number of allylic oxidation sites excluding steroid dienone is 2. The summed E-state index contributed by atoms with van der Waals surface area (Å²) in [6.45, 7) is 3.20. The molecule has 1 saturated heterocycles. The number of unbranched alkanes of at least 4 members (excludes halogenated alkanes) is 14. The number of aliphatic hydroxyl groups is 3. The smallest absolute Gasteiger partial charge is 0.111 e. The van der Waals surface area contributed by atoms with Gasteiger partial charge in [-0.25, -0.2) is 0 Å². The minimum absolute atomic E-state index is 0.0395. The zero-order valence-electron chi connectivity index (χ0n) is 20.1. The summed E-state index contributed by atoms with van der Waals surface area (Å²) in [5, 5.41) is 28.9. The van der Waals surface area contributed by atoms with Crippen molar-refractivity contribution in [3.05, 3.63) is 12.2 Å². The molecular weight excluding hydrogens is 392 g/mol. The van der Waals surface area contributed by atoms with E-state index in [4.69, 9.17) is 9.47 Å². The minimum Gasteiger partial charge on any atom is -0.388 e. The lowest BCUT2D eigenvalue weighted by Crippen LogP contribution is -2.54. The zero-order chi connectivity index (χ0) is 22.6. The van der Waals surface area contributed by atoms with Crippen molar-refractivity contribution in [3.63, 3.8) is 0 Å². The monoisotopic (exact) mass is 442 g/mol. The highest BCUT2D eigenvalue weighted by Crippen LogP contribution is 2.16. The van der Waals surface area contributed by atoms with Gasteiger partial charge in [-0.1, -0.05) is 89.7 Å². The Hall–Kier alpha value is -0.460. The standard InChI is InChI=1S/C26H50O5/c1-2-3-4-5-6-7-8-9-10-11-12-13-14-15-16-17-18-19-20-30-22-24-26(29)25(28)23(27)21-31-24/h14-15,23-29H,2-13,16-22H2,1H3/b15-14+/t23-,24+,25+,26+/m1/s1. The molecule has 5 nitrogen and oxygen atoms in total. The molecule has 0 radical (unpaired) electrons. The highest BCUT2D eigenvalue weighted by Gasteiger charge is 2.37. The minimum atomic E-state index is -1.15. The molecule has 3 N–H and O–H groups in total. The molecule has 0 unspecified atom stereocenters. The Labute approximate surface area is 191 Å². The molecule has 0 aliphatic carbocycles. The second kappa shape index (κ2) is 20.2. The lowest BCUT2D eigenvalue weighted by molar-refractivity contribution is -0.199. The van der Waals surface area contributed by atoms with E-state index in [0.29, 0.717) is 6.61 Å². The third-order valence-corrected chi connectivity index (χ3v) is 6.19. The zero-order valence-corrected chi connectivity index (χ0v) is 20.1. The van der Waals surface area contributed by atoms with Gasteiger partial charge in [0, 0.05) is 6.61 Å². The first kappa shape index (κ1) is 28.6. The van der Waals surface area contributed by atoms with Crippen molar-refractivity contribution < 1.29 is 24.8 Å². The predicted molar refractivity (Wildman–Crippen MR) is 127 cm³/mol.